The molecule has 0 aromatic carbocycles. The van der Waals surface area contributed by atoms with E-state index in [-0.39, 0.29) is 11.9 Å². The monoisotopic (exact) mass is 145 g/mol. The Hall–Kier alpha value is -0.440. The highest BCUT2D eigenvalue weighted by Gasteiger charge is 2.09. The van der Waals surface area contributed by atoms with Gasteiger partial charge in [0, 0.05) is 5.37 Å². The lowest BCUT2D eigenvalue weighted by Crippen LogP contribution is -2.14. The maximum Gasteiger partial charge on any atom is 0.314 e. The van der Waals surface area contributed by atoms with Gasteiger partial charge >= 0.3 is 5.97 Å². The third-order valence-electron chi connectivity index (χ3n) is 0.817. The van der Waals surface area contributed by atoms with Crippen LogP contribution in [0.4, 0.5) is 0 Å². The van der Waals surface area contributed by atoms with E-state index in [0.29, 0.717) is 6.61 Å². The van der Waals surface area contributed by atoms with E-state index in [9.17, 15) is 4.79 Å². The van der Waals surface area contributed by atoms with Crippen molar-refractivity contribution in [2.75, 3.05) is 6.61 Å². The number of ether oxygens (including phenoxy) is 1. The summed E-state index contributed by atoms with van der Waals surface area (Å²) in [5.41, 5.74) is 0. The Labute approximate surface area is 60.2 Å². The predicted molar refractivity (Wildman–Crippen MR) is 38.4 cm³/mol. The van der Waals surface area contributed by atoms with E-state index in [1.807, 2.05) is 0 Å². The van der Waals surface area contributed by atoms with Crippen molar-refractivity contribution in [2.45, 2.75) is 13.8 Å². The van der Waals surface area contributed by atoms with Crippen molar-refractivity contribution in [2.24, 2.45) is 5.92 Å². The molecule has 1 atom stereocenters. The Morgan fingerprint density at radius 2 is 2.44 bits per heavy atom. The number of esters is 1. The SMILES string of the molecule is CCOC(=O)C(C)[C]=S. The van der Waals surface area contributed by atoms with E-state index >= 15 is 0 Å². The van der Waals surface area contributed by atoms with Gasteiger partial charge in [-0.05, 0) is 13.8 Å². The van der Waals surface area contributed by atoms with Gasteiger partial charge in [0.25, 0.3) is 0 Å². The van der Waals surface area contributed by atoms with Gasteiger partial charge in [-0.15, -0.1) is 0 Å². The summed E-state index contributed by atoms with van der Waals surface area (Å²) in [6, 6.07) is 0. The third-order valence-corrected chi connectivity index (χ3v) is 1.17. The van der Waals surface area contributed by atoms with Crippen LogP contribution in [0.5, 0.6) is 0 Å². The minimum Gasteiger partial charge on any atom is -0.466 e. The molecule has 0 amide bonds. The van der Waals surface area contributed by atoms with Gasteiger partial charge in [-0.3, -0.25) is 4.79 Å². The van der Waals surface area contributed by atoms with Crippen molar-refractivity contribution in [3.63, 3.8) is 0 Å². The van der Waals surface area contributed by atoms with E-state index in [1.165, 1.54) is 0 Å². The Bertz CT molecular complexity index is 112. The van der Waals surface area contributed by atoms with Gasteiger partial charge in [-0.25, -0.2) is 0 Å². The fourth-order valence-corrected chi connectivity index (χ4v) is 0.412. The van der Waals surface area contributed by atoms with Crippen LogP contribution in [-0.2, 0) is 9.53 Å². The summed E-state index contributed by atoms with van der Waals surface area (Å²) in [6.07, 6.45) is 0. The lowest BCUT2D eigenvalue weighted by molar-refractivity contribution is -0.144. The number of hydrogen-bond donors (Lipinski definition) is 0. The van der Waals surface area contributed by atoms with Gasteiger partial charge in [-0.1, -0.05) is 12.2 Å². The topological polar surface area (TPSA) is 26.3 Å². The maximum atomic E-state index is 10.6. The minimum atomic E-state index is -0.375. The molecule has 0 bridgehead atoms. The number of carbonyl (C=O) groups is 1. The quantitative estimate of drug-likeness (QED) is 0.439. The first-order valence-corrected chi connectivity index (χ1v) is 3.17. The molecule has 2 nitrogen and oxygen atoms in total. The van der Waals surface area contributed by atoms with Crippen LogP contribution in [0.2, 0.25) is 0 Å². The molecule has 0 rings (SSSR count). The number of hydrogen-bond acceptors (Lipinski definition) is 3. The number of rotatable bonds is 3. The van der Waals surface area contributed by atoms with Crippen LogP contribution in [0.3, 0.4) is 0 Å². The van der Waals surface area contributed by atoms with Crippen molar-refractivity contribution in [3.8, 4) is 0 Å². The van der Waals surface area contributed by atoms with Gasteiger partial charge in [0.2, 0.25) is 0 Å². The van der Waals surface area contributed by atoms with Crippen molar-refractivity contribution in [3.05, 3.63) is 0 Å². The summed E-state index contributed by atoms with van der Waals surface area (Å²) in [6.45, 7) is 3.82. The van der Waals surface area contributed by atoms with Gasteiger partial charge in [0.15, 0.2) is 0 Å². The molecule has 3 heteroatoms. The molecule has 0 saturated heterocycles. The molecule has 1 radical (unpaired) electrons. The molecular weight excluding hydrogens is 136 g/mol. The standard InChI is InChI=1S/C6H9O2S/c1-3-8-6(7)5(2)4-9/h5H,3H2,1-2H3. The highest BCUT2D eigenvalue weighted by Crippen LogP contribution is 1.93. The van der Waals surface area contributed by atoms with Crippen LogP contribution in [0.15, 0.2) is 0 Å². The van der Waals surface area contributed by atoms with E-state index in [4.69, 9.17) is 0 Å². The average Bonchev–Trinajstić information content (AvgIpc) is 1.87. The molecule has 0 spiro atoms. The second-order valence-electron chi connectivity index (χ2n) is 1.59. The second kappa shape index (κ2) is 4.44. The predicted octanol–water partition coefficient (Wildman–Crippen LogP) is 1.06. The average molecular weight is 145 g/mol. The summed E-state index contributed by atoms with van der Waals surface area (Å²) in [5, 5.41) is 2.36. The van der Waals surface area contributed by atoms with Crippen LogP contribution in [-0.4, -0.2) is 17.9 Å². The third kappa shape index (κ3) is 3.19. The molecule has 0 N–H and O–H groups in total. The van der Waals surface area contributed by atoms with Crippen LogP contribution in [0.1, 0.15) is 13.8 Å². The lowest BCUT2D eigenvalue weighted by atomic mass is 10.2. The normalized spacial score (nSPS) is 12.2. The summed E-state index contributed by atoms with van der Waals surface area (Å²) in [7, 11) is 0. The molecule has 0 heterocycles. The van der Waals surface area contributed by atoms with Crippen molar-refractivity contribution < 1.29 is 9.53 Å². The minimum absolute atomic E-state index is 0.299. The summed E-state index contributed by atoms with van der Waals surface area (Å²) < 4.78 is 4.63. The molecule has 0 aromatic rings. The molecule has 51 valence electrons. The van der Waals surface area contributed by atoms with E-state index < -0.39 is 0 Å². The van der Waals surface area contributed by atoms with E-state index in [1.54, 1.807) is 13.8 Å². The smallest absolute Gasteiger partial charge is 0.314 e. The first kappa shape index (κ1) is 8.56. The van der Waals surface area contributed by atoms with Gasteiger partial charge in [0.1, 0.15) is 0 Å². The molecule has 0 fully saturated rings. The van der Waals surface area contributed by atoms with Crippen molar-refractivity contribution in [1.29, 1.82) is 0 Å². The van der Waals surface area contributed by atoms with Gasteiger partial charge < -0.3 is 4.74 Å². The largest absolute Gasteiger partial charge is 0.466 e. The Kier molecular flexibility index (Phi) is 4.22. The molecule has 0 aliphatic rings. The van der Waals surface area contributed by atoms with Crippen molar-refractivity contribution in [1.82, 2.24) is 0 Å². The molecule has 0 aliphatic carbocycles. The summed E-state index contributed by atoms with van der Waals surface area (Å²) in [4.78, 5) is 10.6. The Balaban J connectivity index is 3.58. The number of carbonyl (C=O) groups excluding carboxylic acids is 1. The maximum absolute atomic E-state index is 10.6. The molecule has 0 aliphatic heterocycles. The second-order valence-corrected chi connectivity index (χ2v) is 1.83. The lowest BCUT2D eigenvalue weighted by Gasteiger charge is -2.01. The van der Waals surface area contributed by atoms with Gasteiger partial charge in [-0.2, -0.15) is 0 Å². The fraction of sp³-hybridized carbons (Fsp3) is 0.667. The van der Waals surface area contributed by atoms with Crippen LogP contribution in [0.25, 0.3) is 0 Å². The fourth-order valence-electron chi connectivity index (χ4n) is 0.315. The van der Waals surface area contributed by atoms with Crippen molar-refractivity contribution >= 4 is 23.6 Å². The van der Waals surface area contributed by atoms with Crippen LogP contribution in [0, 0.1) is 5.92 Å². The van der Waals surface area contributed by atoms with Gasteiger partial charge in [0.05, 0.1) is 12.5 Å². The molecule has 9 heavy (non-hydrogen) atoms. The first-order valence-electron chi connectivity index (χ1n) is 2.76. The molecule has 0 saturated carbocycles. The zero-order chi connectivity index (χ0) is 7.28. The van der Waals surface area contributed by atoms with E-state index in [2.05, 4.69) is 22.3 Å². The highest BCUT2D eigenvalue weighted by molar-refractivity contribution is 7.79. The van der Waals surface area contributed by atoms with Crippen LogP contribution < -0.4 is 0 Å². The highest BCUT2D eigenvalue weighted by atomic mass is 32.1. The Morgan fingerprint density at radius 3 is 2.78 bits per heavy atom. The molecular formula is C6H9O2S. The zero-order valence-corrected chi connectivity index (χ0v) is 6.33. The van der Waals surface area contributed by atoms with E-state index in [0.717, 1.165) is 0 Å². The summed E-state index contributed by atoms with van der Waals surface area (Å²) in [5.74, 6) is -0.674. The molecule has 1 unspecified atom stereocenters. The van der Waals surface area contributed by atoms with Crippen LogP contribution >= 0.6 is 12.2 Å². The summed E-state index contributed by atoms with van der Waals surface area (Å²) >= 11 is 4.41. The zero-order valence-electron chi connectivity index (χ0n) is 5.51. The molecule has 0 aromatic heterocycles. The first-order chi connectivity index (χ1) is 4.22. The Morgan fingerprint density at radius 1 is 1.89 bits per heavy atom. The number of thiocarbonyl (C=S) groups is 1.